The number of halogens is 1. The Hall–Kier alpha value is -1.90. The number of hydrogen-bond donors (Lipinski definition) is 0. The number of fused-ring (bicyclic) bond motifs is 1. The normalized spacial score (nSPS) is 20.0. The van der Waals surface area contributed by atoms with Crippen molar-refractivity contribution in [3.05, 3.63) is 65.2 Å². The predicted molar refractivity (Wildman–Crippen MR) is 106 cm³/mol. The monoisotopic (exact) mass is 350 g/mol. The Bertz CT molecular complexity index is 883. The maximum atomic E-state index is 6.58. The van der Waals surface area contributed by atoms with Gasteiger partial charge in [-0.05, 0) is 62.5 Å². The first kappa shape index (κ1) is 16.6. The molecule has 128 valence electrons. The molecule has 0 amide bonds. The van der Waals surface area contributed by atoms with Crippen LogP contribution < -0.4 is 0 Å². The summed E-state index contributed by atoms with van der Waals surface area (Å²) in [5.74, 6) is 1.36. The van der Waals surface area contributed by atoms with Gasteiger partial charge < -0.3 is 4.90 Å². The Morgan fingerprint density at radius 2 is 1.80 bits per heavy atom. The summed E-state index contributed by atoms with van der Waals surface area (Å²) in [6.07, 6.45) is 2.45. The van der Waals surface area contributed by atoms with Crippen LogP contribution in [-0.2, 0) is 0 Å². The minimum Gasteiger partial charge on any atom is -0.309 e. The maximum Gasteiger partial charge on any atom is 0.0713 e. The molecule has 0 bridgehead atoms. The van der Waals surface area contributed by atoms with Crippen molar-refractivity contribution in [2.24, 2.45) is 5.92 Å². The van der Waals surface area contributed by atoms with Crippen LogP contribution in [0.4, 0.5) is 0 Å². The zero-order valence-corrected chi connectivity index (χ0v) is 15.5. The summed E-state index contributed by atoms with van der Waals surface area (Å²) in [4.78, 5) is 7.16. The van der Waals surface area contributed by atoms with Crippen LogP contribution in [0.5, 0.6) is 0 Å². The standard InChI is InChI=1S/C22H23ClN2/c1-25(2)14-15-10-18(11-15)19-13-22-17(12-20(19)23)8-9-21(24-22)16-6-4-3-5-7-16/h3-9,12-13,15,18H,10-11,14H2,1-2H3. The van der Waals surface area contributed by atoms with E-state index in [1.165, 1.54) is 18.4 Å². The van der Waals surface area contributed by atoms with Crippen molar-refractivity contribution < 1.29 is 0 Å². The largest absolute Gasteiger partial charge is 0.309 e. The SMILES string of the molecule is CN(C)CC1CC(c2cc3nc(-c4ccccc4)ccc3cc2Cl)C1. The molecule has 0 N–H and O–H groups in total. The number of pyridine rings is 1. The molecule has 2 nitrogen and oxygen atoms in total. The average Bonchev–Trinajstić information content (AvgIpc) is 2.58. The van der Waals surface area contributed by atoms with Crippen LogP contribution in [0.2, 0.25) is 5.02 Å². The van der Waals surface area contributed by atoms with E-state index in [0.717, 1.165) is 39.6 Å². The summed E-state index contributed by atoms with van der Waals surface area (Å²) in [5.41, 5.74) is 4.47. The summed E-state index contributed by atoms with van der Waals surface area (Å²) >= 11 is 6.58. The summed E-state index contributed by atoms with van der Waals surface area (Å²) in [7, 11) is 4.29. The first-order valence-corrected chi connectivity index (χ1v) is 9.28. The second kappa shape index (κ2) is 6.78. The Kier molecular flexibility index (Phi) is 4.49. The summed E-state index contributed by atoms with van der Waals surface area (Å²) in [5, 5.41) is 1.99. The zero-order valence-electron chi connectivity index (χ0n) is 14.7. The Balaban J connectivity index is 1.64. The lowest BCUT2D eigenvalue weighted by molar-refractivity contribution is 0.200. The fraction of sp³-hybridized carbons (Fsp3) is 0.318. The first-order chi connectivity index (χ1) is 12.1. The molecule has 3 aromatic rings. The number of aromatic nitrogens is 1. The van der Waals surface area contributed by atoms with Crippen LogP contribution in [-0.4, -0.2) is 30.5 Å². The minimum atomic E-state index is 0.573. The topological polar surface area (TPSA) is 16.1 Å². The van der Waals surface area contributed by atoms with E-state index in [0.29, 0.717) is 5.92 Å². The van der Waals surface area contributed by atoms with E-state index in [2.05, 4.69) is 55.4 Å². The highest BCUT2D eigenvalue weighted by Gasteiger charge is 2.32. The lowest BCUT2D eigenvalue weighted by atomic mass is 9.71. The first-order valence-electron chi connectivity index (χ1n) is 8.90. The van der Waals surface area contributed by atoms with Gasteiger partial charge in [0.2, 0.25) is 0 Å². The van der Waals surface area contributed by atoms with Gasteiger partial charge in [-0.2, -0.15) is 0 Å². The smallest absolute Gasteiger partial charge is 0.0713 e. The van der Waals surface area contributed by atoms with Gasteiger partial charge in [-0.25, -0.2) is 4.98 Å². The number of hydrogen-bond acceptors (Lipinski definition) is 2. The maximum absolute atomic E-state index is 6.58. The van der Waals surface area contributed by atoms with Gasteiger partial charge in [-0.3, -0.25) is 0 Å². The lowest BCUT2D eigenvalue weighted by Crippen LogP contribution is -2.31. The molecule has 0 unspecified atom stereocenters. The molecule has 3 heteroatoms. The van der Waals surface area contributed by atoms with E-state index < -0.39 is 0 Å². The van der Waals surface area contributed by atoms with E-state index in [1.807, 2.05) is 18.2 Å². The van der Waals surface area contributed by atoms with Gasteiger partial charge in [-0.1, -0.05) is 48.0 Å². The van der Waals surface area contributed by atoms with Crippen LogP contribution in [0.3, 0.4) is 0 Å². The van der Waals surface area contributed by atoms with Crippen molar-refractivity contribution in [3.8, 4) is 11.3 Å². The molecule has 1 fully saturated rings. The van der Waals surface area contributed by atoms with Gasteiger partial charge in [0.15, 0.2) is 0 Å². The number of nitrogens with zero attached hydrogens (tertiary/aromatic N) is 2. The van der Waals surface area contributed by atoms with Gasteiger partial charge in [0.1, 0.15) is 0 Å². The van der Waals surface area contributed by atoms with Crippen LogP contribution in [0.1, 0.15) is 24.3 Å². The number of rotatable bonds is 4. The summed E-state index contributed by atoms with van der Waals surface area (Å²) in [6, 6.07) is 18.8. The molecule has 25 heavy (non-hydrogen) atoms. The van der Waals surface area contributed by atoms with Crippen LogP contribution in [0.15, 0.2) is 54.6 Å². The second-order valence-electron chi connectivity index (χ2n) is 7.43. The summed E-state index contributed by atoms with van der Waals surface area (Å²) in [6.45, 7) is 1.16. The quantitative estimate of drug-likeness (QED) is 0.608. The molecule has 0 aliphatic heterocycles. The molecule has 0 spiro atoms. The zero-order chi connectivity index (χ0) is 17.4. The van der Waals surface area contributed by atoms with E-state index >= 15 is 0 Å². The molecule has 1 aromatic heterocycles. The minimum absolute atomic E-state index is 0.573. The van der Waals surface area contributed by atoms with Crippen molar-refractivity contribution in [1.29, 1.82) is 0 Å². The second-order valence-corrected chi connectivity index (χ2v) is 7.83. The van der Waals surface area contributed by atoms with Crippen LogP contribution in [0, 0.1) is 5.92 Å². The molecule has 4 rings (SSSR count). The van der Waals surface area contributed by atoms with Crippen LogP contribution in [0.25, 0.3) is 22.2 Å². The van der Waals surface area contributed by atoms with Crippen LogP contribution >= 0.6 is 11.6 Å². The average molecular weight is 351 g/mol. The molecule has 0 atom stereocenters. The molecule has 1 aliphatic carbocycles. The van der Waals surface area contributed by atoms with Gasteiger partial charge in [0.25, 0.3) is 0 Å². The predicted octanol–water partition coefficient (Wildman–Crippen LogP) is 5.61. The third kappa shape index (κ3) is 3.42. The van der Waals surface area contributed by atoms with E-state index in [9.17, 15) is 0 Å². The highest BCUT2D eigenvalue weighted by molar-refractivity contribution is 6.32. The molecule has 2 aromatic carbocycles. The number of benzene rings is 2. The fourth-order valence-corrected chi connectivity index (χ4v) is 4.22. The van der Waals surface area contributed by atoms with Gasteiger partial charge in [0, 0.05) is 22.5 Å². The lowest BCUT2D eigenvalue weighted by Gasteiger charge is -2.37. The van der Waals surface area contributed by atoms with Crippen molar-refractivity contribution in [3.63, 3.8) is 0 Å². The van der Waals surface area contributed by atoms with Crippen molar-refractivity contribution >= 4 is 22.5 Å². The highest BCUT2D eigenvalue weighted by Crippen LogP contribution is 2.45. The molecule has 1 aliphatic rings. The highest BCUT2D eigenvalue weighted by atomic mass is 35.5. The Morgan fingerprint density at radius 3 is 2.52 bits per heavy atom. The van der Waals surface area contributed by atoms with Crippen molar-refractivity contribution in [2.45, 2.75) is 18.8 Å². The Labute approximate surface area is 154 Å². The van der Waals surface area contributed by atoms with Gasteiger partial charge >= 0.3 is 0 Å². The van der Waals surface area contributed by atoms with E-state index in [-0.39, 0.29) is 0 Å². The van der Waals surface area contributed by atoms with Gasteiger partial charge in [-0.15, -0.1) is 0 Å². The van der Waals surface area contributed by atoms with E-state index in [1.54, 1.807) is 0 Å². The van der Waals surface area contributed by atoms with E-state index in [4.69, 9.17) is 16.6 Å². The van der Waals surface area contributed by atoms with Crippen molar-refractivity contribution in [1.82, 2.24) is 9.88 Å². The molecule has 1 saturated carbocycles. The third-order valence-corrected chi connectivity index (χ3v) is 5.50. The molecule has 0 saturated heterocycles. The summed E-state index contributed by atoms with van der Waals surface area (Å²) < 4.78 is 0. The molecular weight excluding hydrogens is 328 g/mol. The molecule has 0 radical (unpaired) electrons. The van der Waals surface area contributed by atoms with Crippen molar-refractivity contribution in [2.75, 3.05) is 20.6 Å². The third-order valence-electron chi connectivity index (χ3n) is 5.18. The van der Waals surface area contributed by atoms with Gasteiger partial charge in [0.05, 0.1) is 11.2 Å². The molecular formula is C22H23ClN2. The fourth-order valence-electron chi connectivity index (χ4n) is 3.90. The Morgan fingerprint density at radius 1 is 1.04 bits per heavy atom. The molecule has 1 heterocycles.